The largest absolute Gasteiger partial charge is 0.481 e. The Labute approximate surface area is 78.4 Å². The van der Waals surface area contributed by atoms with E-state index in [0.717, 1.165) is 26.2 Å². The molecule has 1 unspecified atom stereocenters. The maximum Gasteiger partial charge on any atom is 0.300 e. The second-order valence-corrected chi connectivity index (χ2v) is 2.83. The number of carboxylic acids is 1. The van der Waals surface area contributed by atoms with Crippen LogP contribution in [0, 0.1) is 0 Å². The fourth-order valence-electron chi connectivity index (χ4n) is 0.908. The van der Waals surface area contributed by atoms with Gasteiger partial charge in [0.15, 0.2) is 0 Å². The van der Waals surface area contributed by atoms with Crippen LogP contribution in [0.5, 0.6) is 0 Å². The lowest BCUT2D eigenvalue weighted by Gasteiger charge is -2.04. The van der Waals surface area contributed by atoms with Crippen LogP contribution in [0.2, 0.25) is 0 Å². The van der Waals surface area contributed by atoms with Gasteiger partial charge < -0.3 is 10.2 Å². The van der Waals surface area contributed by atoms with E-state index in [0.29, 0.717) is 0 Å². The Morgan fingerprint density at radius 3 is 2.69 bits per heavy atom. The van der Waals surface area contributed by atoms with Gasteiger partial charge in [-0.3, -0.25) is 4.79 Å². The number of carbonyl (C=O) groups is 1. The van der Waals surface area contributed by atoms with Crippen molar-refractivity contribution in [2.45, 2.75) is 32.3 Å². The predicted octanol–water partition coefficient (Wildman–Crippen LogP) is 1.73. The molecule has 1 rings (SSSR count). The molecule has 0 aromatic heterocycles. The summed E-state index contributed by atoms with van der Waals surface area (Å²) in [6.45, 7) is 1.08. The van der Waals surface area contributed by atoms with Crippen molar-refractivity contribution in [2.75, 3.05) is 0 Å². The zero-order chi connectivity index (χ0) is 10.1. The first-order valence-electron chi connectivity index (χ1n) is 4.34. The molecule has 0 saturated heterocycles. The third-order valence-corrected chi connectivity index (χ3v) is 1.45. The smallest absolute Gasteiger partial charge is 0.300 e. The van der Waals surface area contributed by atoms with Crippen LogP contribution in [0.3, 0.4) is 0 Å². The number of hydrogen-bond donors (Lipinski definition) is 2. The molecule has 1 atom stereocenters. The topological polar surface area (TPSA) is 57.5 Å². The van der Waals surface area contributed by atoms with Crippen molar-refractivity contribution in [3.05, 3.63) is 24.3 Å². The maximum absolute atomic E-state index is 9.09. The molecule has 0 radical (unpaired) electrons. The molecular formula is C10H16O3. The first-order valence-corrected chi connectivity index (χ1v) is 4.34. The fourth-order valence-corrected chi connectivity index (χ4v) is 0.908. The van der Waals surface area contributed by atoms with Gasteiger partial charge in [0.1, 0.15) is 0 Å². The third-order valence-electron chi connectivity index (χ3n) is 1.45. The lowest BCUT2D eigenvalue weighted by molar-refractivity contribution is -0.134. The van der Waals surface area contributed by atoms with E-state index in [2.05, 4.69) is 6.08 Å². The van der Waals surface area contributed by atoms with Gasteiger partial charge in [0.25, 0.3) is 5.97 Å². The van der Waals surface area contributed by atoms with Gasteiger partial charge in [-0.05, 0) is 19.3 Å². The van der Waals surface area contributed by atoms with Gasteiger partial charge in [0.05, 0.1) is 6.10 Å². The molecule has 3 heteroatoms. The summed E-state index contributed by atoms with van der Waals surface area (Å²) in [6.07, 6.45) is 10.7. The number of carboxylic acid groups (broad SMARTS) is 1. The van der Waals surface area contributed by atoms with Crippen molar-refractivity contribution < 1.29 is 15.0 Å². The summed E-state index contributed by atoms with van der Waals surface area (Å²) in [6, 6.07) is 0. The van der Waals surface area contributed by atoms with E-state index in [9.17, 15) is 0 Å². The Hall–Kier alpha value is -1.09. The van der Waals surface area contributed by atoms with E-state index >= 15 is 0 Å². The Kier molecular flexibility index (Phi) is 6.92. The van der Waals surface area contributed by atoms with Crippen LogP contribution >= 0.6 is 0 Å². The number of aliphatic hydroxyl groups is 1. The first kappa shape index (κ1) is 11.9. The van der Waals surface area contributed by atoms with Crippen LogP contribution in [0.15, 0.2) is 24.3 Å². The molecule has 0 bridgehead atoms. The normalized spacial score (nSPS) is 20.9. The van der Waals surface area contributed by atoms with Gasteiger partial charge in [-0.2, -0.15) is 0 Å². The first-order chi connectivity index (χ1) is 6.13. The molecule has 1 aliphatic carbocycles. The second-order valence-electron chi connectivity index (χ2n) is 2.83. The summed E-state index contributed by atoms with van der Waals surface area (Å²) in [5, 5.41) is 16.5. The van der Waals surface area contributed by atoms with Crippen molar-refractivity contribution in [2.24, 2.45) is 0 Å². The number of hydrogen-bond acceptors (Lipinski definition) is 2. The summed E-state index contributed by atoms with van der Waals surface area (Å²) in [7, 11) is 0. The van der Waals surface area contributed by atoms with Gasteiger partial charge in [-0.15, -0.1) is 0 Å². The van der Waals surface area contributed by atoms with Gasteiger partial charge in [-0.1, -0.05) is 24.3 Å². The molecule has 0 aliphatic heterocycles. The van der Waals surface area contributed by atoms with E-state index < -0.39 is 5.97 Å². The molecular weight excluding hydrogens is 168 g/mol. The Morgan fingerprint density at radius 2 is 2.08 bits per heavy atom. The molecule has 0 heterocycles. The van der Waals surface area contributed by atoms with Gasteiger partial charge in [0, 0.05) is 6.92 Å². The molecule has 0 aromatic carbocycles. The summed E-state index contributed by atoms with van der Waals surface area (Å²) >= 11 is 0. The minimum Gasteiger partial charge on any atom is -0.481 e. The average Bonchev–Trinajstić information content (AvgIpc) is 1.95. The molecule has 3 nitrogen and oxygen atoms in total. The van der Waals surface area contributed by atoms with Crippen LogP contribution in [0.1, 0.15) is 26.2 Å². The van der Waals surface area contributed by atoms with E-state index in [-0.39, 0.29) is 6.10 Å². The quantitative estimate of drug-likeness (QED) is 0.602. The highest BCUT2D eigenvalue weighted by molar-refractivity contribution is 5.62. The van der Waals surface area contributed by atoms with E-state index in [1.165, 1.54) is 0 Å². The third kappa shape index (κ3) is 10.9. The molecule has 0 amide bonds. The molecule has 13 heavy (non-hydrogen) atoms. The minimum atomic E-state index is -0.833. The standard InChI is InChI=1S/C8H12O.C2H4O2/c9-8-6-4-2-1-3-5-7-8;1-2(3)4/h1-2,4,6,8-9H,3,5,7H2;1H3,(H,3,4). The Bertz CT molecular complexity index is 190. The Morgan fingerprint density at radius 1 is 1.46 bits per heavy atom. The van der Waals surface area contributed by atoms with Crippen molar-refractivity contribution in [3.63, 3.8) is 0 Å². The average molecular weight is 184 g/mol. The lowest BCUT2D eigenvalue weighted by atomic mass is 10.1. The van der Waals surface area contributed by atoms with Crippen LogP contribution < -0.4 is 0 Å². The number of aliphatic carboxylic acids is 1. The van der Waals surface area contributed by atoms with Crippen molar-refractivity contribution in [1.82, 2.24) is 0 Å². The maximum atomic E-state index is 9.09. The van der Waals surface area contributed by atoms with Crippen LogP contribution in [-0.4, -0.2) is 22.3 Å². The van der Waals surface area contributed by atoms with E-state index in [1.807, 2.05) is 18.2 Å². The second kappa shape index (κ2) is 7.55. The highest BCUT2D eigenvalue weighted by Crippen LogP contribution is 2.05. The van der Waals surface area contributed by atoms with Gasteiger partial charge in [0.2, 0.25) is 0 Å². The zero-order valence-corrected chi connectivity index (χ0v) is 7.81. The van der Waals surface area contributed by atoms with Crippen LogP contribution in [0.25, 0.3) is 0 Å². The molecule has 0 saturated carbocycles. The SMILES string of the molecule is CC(=O)O.OC1C=CC=CCCC1. The highest BCUT2D eigenvalue weighted by atomic mass is 16.4. The van der Waals surface area contributed by atoms with Gasteiger partial charge in [-0.25, -0.2) is 0 Å². The van der Waals surface area contributed by atoms with Crippen molar-refractivity contribution >= 4 is 5.97 Å². The predicted molar refractivity (Wildman–Crippen MR) is 51.4 cm³/mol. The Balaban J connectivity index is 0.000000310. The summed E-state index contributed by atoms with van der Waals surface area (Å²) in [5.41, 5.74) is 0. The molecule has 0 fully saturated rings. The lowest BCUT2D eigenvalue weighted by Crippen LogP contribution is -2.01. The summed E-state index contributed by atoms with van der Waals surface area (Å²) in [5.74, 6) is -0.833. The summed E-state index contributed by atoms with van der Waals surface area (Å²) in [4.78, 5) is 9.00. The monoisotopic (exact) mass is 184 g/mol. The number of aliphatic hydroxyl groups excluding tert-OH is 1. The fraction of sp³-hybridized carbons (Fsp3) is 0.500. The zero-order valence-electron chi connectivity index (χ0n) is 7.81. The molecule has 74 valence electrons. The van der Waals surface area contributed by atoms with Crippen LogP contribution in [-0.2, 0) is 4.79 Å². The van der Waals surface area contributed by atoms with Gasteiger partial charge >= 0.3 is 0 Å². The highest BCUT2D eigenvalue weighted by Gasteiger charge is 1.97. The number of allylic oxidation sites excluding steroid dienone is 3. The van der Waals surface area contributed by atoms with E-state index in [4.69, 9.17) is 15.0 Å². The van der Waals surface area contributed by atoms with Crippen molar-refractivity contribution in [3.8, 4) is 0 Å². The molecule has 2 N–H and O–H groups in total. The van der Waals surface area contributed by atoms with Crippen LogP contribution in [0.4, 0.5) is 0 Å². The van der Waals surface area contributed by atoms with Crippen molar-refractivity contribution in [1.29, 1.82) is 0 Å². The molecule has 0 aromatic rings. The minimum absolute atomic E-state index is 0.213. The van der Waals surface area contributed by atoms with E-state index in [1.54, 1.807) is 0 Å². The molecule has 1 aliphatic rings. The summed E-state index contributed by atoms with van der Waals surface area (Å²) < 4.78 is 0. The number of rotatable bonds is 0. The molecule has 0 spiro atoms.